The van der Waals surface area contributed by atoms with E-state index in [9.17, 15) is 9.59 Å². The van der Waals surface area contributed by atoms with Gasteiger partial charge in [-0.1, -0.05) is 29.4 Å². The first-order valence-corrected chi connectivity index (χ1v) is 6.60. The van der Waals surface area contributed by atoms with Gasteiger partial charge in [0.2, 0.25) is 5.71 Å². The monoisotopic (exact) mass is 275 g/mol. The first-order chi connectivity index (χ1) is 9.61. The Bertz CT molecular complexity index is 526. The van der Waals surface area contributed by atoms with Crippen LogP contribution in [-0.4, -0.2) is 30.2 Å². The zero-order valence-corrected chi connectivity index (χ0v) is 11.6. The van der Waals surface area contributed by atoms with Gasteiger partial charge < -0.3 is 9.57 Å². The standard InChI is InChI=1S/C15H17NO4/c1-3-19-15(18)14(10(2)17)16-20-13-8-11-6-4-5-7-12(11)9-13/h4-7,13H,3,8-9H2,1-2H3/b16-14-. The summed E-state index contributed by atoms with van der Waals surface area (Å²) in [6.45, 7) is 3.13. The number of carbonyl (C=O) groups excluding carboxylic acids is 2. The highest BCUT2D eigenvalue weighted by Gasteiger charge is 2.24. The maximum absolute atomic E-state index is 11.6. The van der Waals surface area contributed by atoms with Crippen molar-refractivity contribution < 1.29 is 19.2 Å². The summed E-state index contributed by atoms with van der Waals surface area (Å²) in [5.74, 6) is -1.20. The topological polar surface area (TPSA) is 65.0 Å². The van der Waals surface area contributed by atoms with E-state index in [-0.39, 0.29) is 18.4 Å². The highest BCUT2D eigenvalue weighted by atomic mass is 16.6. The van der Waals surface area contributed by atoms with Crippen molar-refractivity contribution in [1.82, 2.24) is 0 Å². The number of nitrogens with zero attached hydrogens (tertiary/aromatic N) is 1. The summed E-state index contributed by atoms with van der Waals surface area (Å²) in [6, 6.07) is 8.04. The molecule has 1 aliphatic carbocycles. The number of ketones is 1. The van der Waals surface area contributed by atoms with Crippen molar-refractivity contribution in [2.24, 2.45) is 5.16 Å². The van der Waals surface area contributed by atoms with E-state index in [0.717, 1.165) is 12.8 Å². The normalized spacial score (nSPS) is 14.8. The molecular weight excluding hydrogens is 258 g/mol. The Labute approximate surface area is 117 Å². The van der Waals surface area contributed by atoms with Crippen molar-refractivity contribution in [3.05, 3.63) is 35.4 Å². The predicted octanol–water partition coefficient (Wildman–Crippen LogP) is 1.68. The lowest BCUT2D eigenvalue weighted by atomic mass is 10.1. The van der Waals surface area contributed by atoms with Gasteiger partial charge in [0.05, 0.1) is 6.61 Å². The van der Waals surface area contributed by atoms with E-state index in [4.69, 9.17) is 9.57 Å². The molecule has 5 nitrogen and oxygen atoms in total. The molecule has 1 aromatic rings. The fraction of sp³-hybridized carbons (Fsp3) is 0.400. The van der Waals surface area contributed by atoms with E-state index in [1.807, 2.05) is 24.3 Å². The summed E-state index contributed by atoms with van der Waals surface area (Å²) in [5, 5.41) is 3.70. The smallest absolute Gasteiger partial charge is 0.364 e. The second-order valence-corrected chi connectivity index (χ2v) is 4.62. The zero-order chi connectivity index (χ0) is 14.5. The molecule has 20 heavy (non-hydrogen) atoms. The Morgan fingerprint density at radius 2 is 1.85 bits per heavy atom. The number of esters is 1. The van der Waals surface area contributed by atoms with E-state index < -0.39 is 11.8 Å². The van der Waals surface area contributed by atoms with E-state index in [2.05, 4.69) is 5.16 Å². The fourth-order valence-electron chi connectivity index (χ4n) is 2.17. The zero-order valence-electron chi connectivity index (χ0n) is 11.6. The van der Waals surface area contributed by atoms with Crippen LogP contribution in [-0.2, 0) is 32.0 Å². The Balaban J connectivity index is 2.02. The molecule has 0 heterocycles. The van der Waals surface area contributed by atoms with Crippen molar-refractivity contribution in [3.63, 3.8) is 0 Å². The fourth-order valence-corrected chi connectivity index (χ4v) is 2.17. The summed E-state index contributed by atoms with van der Waals surface area (Å²) in [7, 11) is 0. The van der Waals surface area contributed by atoms with Gasteiger partial charge in [0.15, 0.2) is 5.78 Å². The quantitative estimate of drug-likeness (QED) is 0.355. The summed E-state index contributed by atoms with van der Waals surface area (Å²) in [5.41, 5.74) is 2.14. The molecule has 0 radical (unpaired) electrons. The molecule has 0 unspecified atom stereocenters. The van der Waals surface area contributed by atoms with Gasteiger partial charge >= 0.3 is 5.97 Å². The molecule has 0 aliphatic heterocycles. The maximum Gasteiger partial charge on any atom is 0.364 e. The van der Waals surface area contributed by atoms with Gasteiger partial charge in [0.25, 0.3) is 0 Å². The van der Waals surface area contributed by atoms with Gasteiger partial charge in [-0.25, -0.2) is 4.79 Å². The molecule has 1 aliphatic rings. The van der Waals surface area contributed by atoms with Gasteiger partial charge in [-0.05, 0) is 18.1 Å². The Morgan fingerprint density at radius 3 is 2.35 bits per heavy atom. The average Bonchev–Trinajstić information content (AvgIpc) is 2.81. The third-order valence-corrected chi connectivity index (χ3v) is 3.11. The molecule has 1 aromatic carbocycles. The van der Waals surface area contributed by atoms with Gasteiger partial charge in [0, 0.05) is 19.8 Å². The van der Waals surface area contributed by atoms with E-state index in [0.29, 0.717) is 0 Å². The first-order valence-electron chi connectivity index (χ1n) is 6.60. The molecule has 0 N–H and O–H groups in total. The van der Waals surface area contributed by atoms with Crippen molar-refractivity contribution >= 4 is 17.5 Å². The summed E-state index contributed by atoms with van der Waals surface area (Å²) in [6.07, 6.45) is 1.32. The predicted molar refractivity (Wildman–Crippen MR) is 73.5 cm³/mol. The molecule has 0 aromatic heterocycles. The van der Waals surface area contributed by atoms with Crippen molar-refractivity contribution in [1.29, 1.82) is 0 Å². The van der Waals surface area contributed by atoms with Crippen LogP contribution in [0.25, 0.3) is 0 Å². The minimum Gasteiger partial charge on any atom is -0.461 e. The average molecular weight is 275 g/mol. The molecule has 2 rings (SSSR count). The van der Waals surface area contributed by atoms with Gasteiger partial charge in [-0.2, -0.15) is 0 Å². The van der Waals surface area contributed by atoms with Crippen LogP contribution in [0.15, 0.2) is 29.4 Å². The number of fused-ring (bicyclic) bond motifs is 1. The van der Waals surface area contributed by atoms with Crippen LogP contribution in [0.1, 0.15) is 25.0 Å². The summed E-state index contributed by atoms with van der Waals surface area (Å²) < 4.78 is 4.77. The lowest BCUT2D eigenvalue weighted by Crippen LogP contribution is -2.25. The number of benzene rings is 1. The van der Waals surface area contributed by atoms with Gasteiger partial charge in [-0.3, -0.25) is 4.79 Å². The summed E-state index contributed by atoms with van der Waals surface area (Å²) >= 11 is 0. The number of hydrogen-bond acceptors (Lipinski definition) is 5. The van der Waals surface area contributed by atoms with Crippen molar-refractivity contribution in [3.8, 4) is 0 Å². The van der Waals surface area contributed by atoms with Crippen LogP contribution in [0, 0.1) is 0 Å². The van der Waals surface area contributed by atoms with E-state index in [1.54, 1.807) is 6.92 Å². The SMILES string of the molecule is CCOC(=O)/C(=N\OC1Cc2ccccc2C1)C(C)=O. The van der Waals surface area contributed by atoms with Crippen LogP contribution in [0.4, 0.5) is 0 Å². The lowest BCUT2D eigenvalue weighted by molar-refractivity contribution is -0.136. The maximum atomic E-state index is 11.6. The molecule has 0 spiro atoms. The highest BCUT2D eigenvalue weighted by Crippen LogP contribution is 2.23. The third-order valence-electron chi connectivity index (χ3n) is 3.11. The van der Waals surface area contributed by atoms with Crippen molar-refractivity contribution in [2.75, 3.05) is 6.61 Å². The van der Waals surface area contributed by atoms with Gasteiger partial charge in [0.1, 0.15) is 6.10 Å². The molecule has 0 atom stereocenters. The number of Topliss-reactive ketones (excluding diaryl/α,β-unsaturated/α-hetero) is 1. The Morgan fingerprint density at radius 1 is 1.25 bits per heavy atom. The van der Waals surface area contributed by atoms with Crippen LogP contribution in [0.5, 0.6) is 0 Å². The number of ether oxygens (including phenoxy) is 1. The second kappa shape index (κ2) is 6.32. The molecule has 0 saturated heterocycles. The van der Waals surface area contributed by atoms with E-state index >= 15 is 0 Å². The molecule has 106 valence electrons. The minimum atomic E-state index is -0.740. The molecule has 5 heteroatoms. The minimum absolute atomic E-state index is 0.142. The largest absolute Gasteiger partial charge is 0.461 e. The number of hydrogen-bond donors (Lipinski definition) is 0. The Hall–Kier alpha value is -2.17. The molecule has 0 bridgehead atoms. The molecule has 0 saturated carbocycles. The van der Waals surface area contributed by atoms with Crippen LogP contribution >= 0.6 is 0 Å². The highest BCUT2D eigenvalue weighted by molar-refractivity contribution is 6.63. The second-order valence-electron chi connectivity index (χ2n) is 4.62. The summed E-state index contributed by atoms with van der Waals surface area (Å²) in [4.78, 5) is 28.3. The first kappa shape index (κ1) is 14.2. The van der Waals surface area contributed by atoms with Crippen molar-refractivity contribution in [2.45, 2.75) is 32.8 Å². The molecule has 0 fully saturated rings. The lowest BCUT2D eigenvalue weighted by Gasteiger charge is -2.08. The van der Waals surface area contributed by atoms with Crippen LogP contribution < -0.4 is 0 Å². The molecular formula is C15H17NO4. The third kappa shape index (κ3) is 3.23. The van der Waals surface area contributed by atoms with Crippen LogP contribution in [0.2, 0.25) is 0 Å². The number of carbonyl (C=O) groups is 2. The van der Waals surface area contributed by atoms with E-state index in [1.165, 1.54) is 18.1 Å². The Kier molecular flexibility index (Phi) is 4.50. The van der Waals surface area contributed by atoms with Gasteiger partial charge in [-0.15, -0.1) is 0 Å². The molecule has 0 amide bonds. The number of oxime groups is 1. The van der Waals surface area contributed by atoms with Crippen LogP contribution in [0.3, 0.4) is 0 Å². The number of rotatable bonds is 5.